The predicted octanol–water partition coefficient (Wildman–Crippen LogP) is 5.46. The number of benzene rings is 2. The molecule has 4 rings (SSSR count). The summed E-state index contributed by atoms with van der Waals surface area (Å²) in [5, 5.41) is 15.6. The summed E-state index contributed by atoms with van der Waals surface area (Å²) >= 11 is 1.26. The first kappa shape index (κ1) is 22.0. The van der Waals surface area contributed by atoms with E-state index in [0.29, 0.717) is 45.3 Å². The SMILES string of the molecule is CCCOC(=O)c1ccc(N/C=C(\C#N)c2nc(-c3cc4ccccc4oc3=O)cs2)cc1. The van der Waals surface area contributed by atoms with Crippen molar-refractivity contribution in [3.05, 3.63) is 87.2 Å². The van der Waals surface area contributed by atoms with Crippen LogP contribution in [0.1, 0.15) is 28.7 Å². The zero-order chi connectivity index (χ0) is 23.2. The van der Waals surface area contributed by atoms with Crippen LogP contribution in [-0.2, 0) is 4.74 Å². The smallest absolute Gasteiger partial charge is 0.345 e. The molecule has 8 heteroatoms. The number of rotatable bonds is 7. The van der Waals surface area contributed by atoms with Crippen molar-refractivity contribution in [1.82, 2.24) is 4.98 Å². The summed E-state index contributed by atoms with van der Waals surface area (Å²) in [6.07, 6.45) is 2.30. The van der Waals surface area contributed by atoms with E-state index in [0.717, 1.165) is 11.8 Å². The molecule has 0 saturated carbocycles. The van der Waals surface area contributed by atoms with Gasteiger partial charge in [-0.2, -0.15) is 5.26 Å². The van der Waals surface area contributed by atoms with Crippen molar-refractivity contribution in [2.24, 2.45) is 0 Å². The lowest BCUT2D eigenvalue weighted by atomic mass is 10.1. The zero-order valence-electron chi connectivity index (χ0n) is 17.7. The molecule has 1 N–H and O–H groups in total. The molecule has 0 bridgehead atoms. The molecule has 33 heavy (non-hydrogen) atoms. The number of anilines is 1. The predicted molar refractivity (Wildman–Crippen MR) is 128 cm³/mol. The van der Waals surface area contributed by atoms with Gasteiger partial charge in [-0.3, -0.25) is 0 Å². The Morgan fingerprint density at radius 1 is 1.24 bits per heavy atom. The second-order valence-electron chi connectivity index (χ2n) is 7.05. The molecule has 164 valence electrons. The zero-order valence-corrected chi connectivity index (χ0v) is 18.5. The molecule has 2 aromatic carbocycles. The molecule has 0 spiro atoms. The van der Waals surface area contributed by atoms with Gasteiger partial charge < -0.3 is 14.5 Å². The van der Waals surface area contributed by atoms with Crippen LogP contribution < -0.4 is 10.9 Å². The van der Waals surface area contributed by atoms with Crippen LogP contribution in [0.5, 0.6) is 0 Å². The summed E-state index contributed by atoms with van der Waals surface area (Å²) in [5.41, 5.74) is 2.27. The summed E-state index contributed by atoms with van der Waals surface area (Å²) < 4.78 is 10.5. The molecule has 0 fully saturated rings. The van der Waals surface area contributed by atoms with Crippen LogP contribution in [0.15, 0.2) is 75.4 Å². The minimum absolute atomic E-state index is 0.308. The molecule has 0 saturated heterocycles. The first-order valence-electron chi connectivity index (χ1n) is 10.2. The lowest BCUT2D eigenvalue weighted by Gasteiger charge is -2.05. The second-order valence-corrected chi connectivity index (χ2v) is 7.91. The van der Waals surface area contributed by atoms with Crippen molar-refractivity contribution in [2.45, 2.75) is 13.3 Å². The van der Waals surface area contributed by atoms with Gasteiger partial charge in [0.2, 0.25) is 0 Å². The first-order valence-corrected chi connectivity index (χ1v) is 11.1. The number of para-hydroxylation sites is 1. The summed E-state index contributed by atoms with van der Waals surface area (Å²) in [5.74, 6) is -0.370. The summed E-state index contributed by atoms with van der Waals surface area (Å²) in [7, 11) is 0. The van der Waals surface area contributed by atoms with E-state index in [4.69, 9.17) is 9.15 Å². The van der Waals surface area contributed by atoms with Crippen molar-refractivity contribution in [3.63, 3.8) is 0 Å². The number of hydrogen-bond acceptors (Lipinski definition) is 8. The van der Waals surface area contributed by atoms with Gasteiger partial charge in [0.1, 0.15) is 22.2 Å². The third kappa shape index (κ3) is 5.00. The number of aromatic nitrogens is 1. The van der Waals surface area contributed by atoms with E-state index in [1.165, 1.54) is 17.5 Å². The molecule has 0 atom stereocenters. The van der Waals surface area contributed by atoms with E-state index in [9.17, 15) is 14.9 Å². The molecule has 4 aromatic rings. The number of ether oxygens (including phenoxy) is 1. The van der Waals surface area contributed by atoms with Gasteiger partial charge in [-0.15, -0.1) is 11.3 Å². The maximum Gasteiger partial charge on any atom is 0.345 e. The van der Waals surface area contributed by atoms with Gasteiger partial charge in [0.05, 0.1) is 23.4 Å². The van der Waals surface area contributed by atoms with Gasteiger partial charge in [-0.1, -0.05) is 25.1 Å². The maximum atomic E-state index is 12.4. The fourth-order valence-electron chi connectivity index (χ4n) is 3.04. The van der Waals surface area contributed by atoms with E-state index < -0.39 is 5.63 Å². The van der Waals surface area contributed by atoms with Crippen molar-refractivity contribution >= 4 is 39.5 Å². The van der Waals surface area contributed by atoms with Crippen molar-refractivity contribution < 1.29 is 13.9 Å². The highest BCUT2D eigenvalue weighted by atomic mass is 32.1. The van der Waals surface area contributed by atoms with E-state index in [-0.39, 0.29) is 5.97 Å². The van der Waals surface area contributed by atoms with E-state index in [1.54, 1.807) is 47.8 Å². The number of carbonyl (C=O) groups is 1. The highest BCUT2D eigenvalue weighted by molar-refractivity contribution is 7.11. The second kappa shape index (κ2) is 9.94. The number of carbonyl (C=O) groups excluding carboxylic acids is 1. The topological polar surface area (TPSA) is 105 Å². The van der Waals surface area contributed by atoms with Crippen LogP contribution >= 0.6 is 11.3 Å². The number of nitrogens with one attached hydrogen (secondary N) is 1. The van der Waals surface area contributed by atoms with Gasteiger partial charge >= 0.3 is 11.6 Å². The number of nitrogens with zero attached hydrogens (tertiary/aromatic N) is 2. The van der Waals surface area contributed by atoms with Crippen LogP contribution in [0.4, 0.5) is 5.69 Å². The van der Waals surface area contributed by atoms with Gasteiger partial charge in [-0.25, -0.2) is 14.6 Å². The number of allylic oxidation sites excluding steroid dienone is 1. The molecule has 7 nitrogen and oxygen atoms in total. The molecule has 2 aromatic heterocycles. The van der Waals surface area contributed by atoms with Crippen molar-refractivity contribution in [2.75, 3.05) is 11.9 Å². The average molecular weight is 458 g/mol. The summed E-state index contributed by atoms with van der Waals surface area (Å²) in [6.45, 7) is 2.31. The van der Waals surface area contributed by atoms with E-state index in [1.807, 2.05) is 19.1 Å². The molecule has 0 aliphatic carbocycles. The molecule has 0 unspecified atom stereocenters. The van der Waals surface area contributed by atoms with Crippen LogP contribution in [0.3, 0.4) is 0 Å². The Kier molecular flexibility index (Phi) is 6.62. The Morgan fingerprint density at radius 2 is 2.03 bits per heavy atom. The molecule has 0 aliphatic heterocycles. The summed E-state index contributed by atoms with van der Waals surface area (Å²) in [6, 6.07) is 17.9. The van der Waals surface area contributed by atoms with Crippen LogP contribution in [0, 0.1) is 11.3 Å². The van der Waals surface area contributed by atoms with E-state index in [2.05, 4.69) is 16.4 Å². The third-order valence-electron chi connectivity index (χ3n) is 4.71. The average Bonchev–Trinajstić information content (AvgIpc) is 3.32. The summed E-state index contributed by atoms with van der Waals surface area (Å²) in [4.78, 5) is 28.8. The van der Waals surface area contributed by atoms with Crippen molar-refractivity contribution in [3.8, 4) is 17.3 Å². The Bertz CT molecular complexity index is 1430. The number of nitriles is 1. The maximum absolute atomic E-state index is 12.4. The number of thiazole rings is 1. The monoisotopic (exact) mass is 457 g/mol. The quantitative estimate of drug-likeness (QED) is 0.223. The fourth-order valence-corrected chi connectivity index (χ4v) is 3.83. The molecular weight excluding hydrogens is 438 g/mol. The van der Waals surface area contributed by atoms with Gasteiger partial charge in [-0.05, 0) is 42.8 Å². The molecule has 0 amide bonds. The number of fused-ring (bicyclic) bond motifs is 1. The Labute approximate surface area is 193 Å². The number of esters is 1. The Morgan fingerprint density at radius 3 is 2.79 bits per heavy atom. The van der Waals surface area contributed by atoms with Gasteiger partial charge in [0.15, 0.2) is 0 Å². The molecule has 2 heterocycles. The van der Waals surface area contributed by atoms with Crippen LogP contribution in [-0.4, -0.2) is 17.6 Å². The van der Waals surface area contributed by atoms with Crippen LogP contribution in [0.25, 0.3) is 27.8 Å². The van der Waals surface area contributed by atoms with Gasteiger partial charge in [0, 0.05) is 22.7 Å². The Balaban J connectivity index is 1.52. The number of hydrogen-bond donors (Lipinski definition) is 1. The molecule has 0 radical (unpaired) electrons. The van der Waals surface area contributed by atoms with E-state index >= 15 is 0 Å². The van der Waals surface area contributed by atoms with Gasteiger partial charge in [0.25, 0.3) is 0 Å². The standard InChI is InChI=1S/C25H19N3O4S/c1-2-11-31-24(29)16-7-9-19(10-8-16)27-14-18(13-26)23-28-21(15-33-23)20-12-17-5-3-4-6-22(17)32-25(20)30/h3-10,12,14-15,27H,2,11H2,1H3/b18-14+. The third-order valence-corrected chi connectivity index (χ3v) is 5.59. The molecule has 0 aliphatic rings. The highest BCUT2D eigenvalue weighted by Gasteiger charge is 2.14. The lowest BCUT2D eigenvalue weighted by Crippen LogP contribution is -2.05. The fraction of sp³-hybridized carbons (Fsp3) is 0.120. The highest BCUT2D eigenvalue weighted by Crippen LogP contribution is 2.26. The van der Waals surface area contributed by atoms with Crippen LogP contribution in [0.2, 0.25) is 0 Å². The lowest BCUT2D eigenvalue weighted by molar-refractivity contribution is 0.0505. The van der Waals surface area contributed by atoms with Crippen molar-refractivity contribution in [1.29, 1.82) is 5.26 Å². The Hall–Kier alpha value is -4.22. The minimum Gasteiger partial charge on any atom is -0.462 e. The minimum atomic E-state index is -0.483. The normalized spacial score (nSPS) is 11.2. The largest absolute Gasteiger partial charge is 0.462 e. The first-order chi connectivity index (χ1) is 16.1. The molecular formula is C25H19N3O4S.